The Morgan fingerprint density at radius 3 is 2.31 bits per heavy atom. The van der Waals surface area contributed by atoms with Crippen molar-refractivity contribution in [2.24, 2.45) is 0 Å². The zero-order chi connectivity index (χ0) is 10.1. The number of hydrogen-bond acceptors (Lipinski definition) is 2. The first kappa shape index (κ1) is 11.1. The van der Waals surface area contributed by atoms with Gasteiger partial charge in [0.05, 0.1) is 6.33 Å². The molecule has 8 heteroatoms. The molecule has 2 nitrogen and oxygen atoms in total. The monoisotopic (exact) mass is 326 g/mol. The first-order valence-electron chi connectivity index (χ1n) is 2.95. The van der Waals surface area contributed by atoms with Crippen LogP contribution in [0.25, 0.3) is 0 Å². The van der Waals surface area contributed by atoms with E-state index in [1.165, 1.54) is 0 Å². The van der Waals surface area contributed by atoms with Crippen LogP contribution in [0.15, 0.2) is 18.7 Å². The summed E-state index contributed by atoms with van der Waals surface area (Å²) in [5, 5.41) is -4.14. The van der Waals surface area contributed by atoms with Crippen LogP contribution < -0.4 is 0 Å². The van der Waals surface area contributed by atoms with Crippen LogP contribution in [0.4, 0.5) is 17.6 Å². The fraction of sp³-hybridized carbons (Fsp3) is 0.400. The largest absolute Gasteiger partial charge is 0.403 e. The molecule has 1 heterocycles. The lowest BCUT2D eigenvalue weighted by Gasteiger charge is -2.24. The average molecular weight is 326 g/mol. The lowest BCUT2D eigenvalue weighted by Crippen LogP contribution is -2.39. The van der Waals surface area contributed by atoms with Gasteiger partial charge in [0.1, 0.15) is 0 Å². The predicted molar refractivity (Wildman–Crippen MR) is 49.0 cm³/mol. The summed E-state index contributed by atoms with van der Waals surface area (Å²) in [6.07, 6.45) is 2.46. The SMILES string of the molecule is FC(F)(SI)C(F)(F)n1ccnc1. The van der Waals surface area contributed by atoms with Crippen molar-refractivity contribution in [2.75, 3.05) is 0 Å². The lowest BCUT2D eigenvalue weighted by atomic mass is 10.5. The molecule has 74 valence electrons. The predicted octanol–water partition coefficient (Wildman–Crippen LogP) is 3.11. The van der Waals surface area contributed by atoms with Gasteiger partial charge in [-0.05, 0) is 8.93 Å². The van der Waals surface area contributed by atoms with Gasteiger partial charge in [-0.3, -0.25) is 4.57 Å². The summed E-state index contributed by atoms with van der Waals surface area (Å²) >= 11 is 1.13. The van der Waals surface area contributed by atoms with E-state index in [2.05, 4.69) is 4.98 Å². The Balaban J connectivity index is 3.02. The number of hydrogen-bond donors (Lipinski definition) is 0. The van der Waals surface area contributed by atoms with Gasteiger partial charge < -0.3 is 0 Å². The van der Waals surface area contributed by atoms with Gasteiger partial charge in [0.15, 0.2) is 0 Å². The number of alkyl halides is 4. The third kappa shape index (κ3) is 1.92. The van der Waals surface area contributed by atoms with Crippen LogP contribution in [-0.4, -0.2) is 14.8 Å². The van der Waals surface area contributed by atoms with E-state index in [0.717, 1.165) is 33.6 Å². The minimum atomic E-state index is -4.25. The molecule has 0 saturated carbocycles. The second-order valence-corrected chi connectivity index (χ2v) is 4.09. The van der Waals surface area contributed by atoms with Crippen molar-refractivity contribution in [3.63, 3.8) is 0 Å². The Morgan fingerprint density at radius 1 is 1.31 bits per heavy atom. The summed E-state index contributed by atoms with van der Waals surface area (Å²) in [5.41, 5.74) is 0. The summed E-state index contributed by atoms with van der Waals surface area (Å²) in [7, 11) is -0.230. The first-order valence-corrected chi connectivity index (χ1v) is 6.31. The fourth-order valence-electron chi connectivity index (χ4n) is 0.622. The summed E-state index contributed by atoms with van der Waals surface area (Å²) in [4.78, 5) is 3.27. The third-order valence-electron chi connectivity index (χ3n) is 1.28. The lowest BCUT2D eigenvalue weighted by molar-refractivity contribution is -0.209. The Morgan fingerprint density at radius 2 is 1.92 bits per heavy atom. The van der Waals surface area contributed by atoms with Crippen LogP contribution in [0.1, 0.15) is 0 Å². The zero-order valence-corrected chi connectivity index (χ0v) is 8.90. The maximum Gasteiger partial charge on any atom is 0.403 e. The normalized spacial score (nSPS) is 13.3. The molecule has 0 radical (unpaired) electrons. The second kappa shape index (κ2) is 3.64. The van der Waals surface area contributed by atoms with Gasteiger partial charge in [0.25, 0.3) is 0 Å². The molecule has 0 atom stereocenters. The highest BCUT2D eigenvalue weighted by atomic mass is 127. The molecule has 1 aromatic heterocycles. The van der Waals surface area contributed by atoms with Crippen LogP contribution in [-0.2, 0) is 6.05 Å². The number of rotatable bonds is 3. The smallest absolute Gasteiger partial charge is 0.272 e. The van der Waals surface area contributed by atoms with Gasteiger partial charge in [-0.25, -0.2) is 4.98 Å². The minimum Gasteiger partial charge on any atom is -0.272 e. The van der Waals surface area contributed by atoms with E-state index in [0.29, 0.717) is 6.33 Å². The number of imidazole rings is 1. The van der Waals surface area contributed by atoms with Crippen LogP contribution in [0, 0.1) is 0 Å². The molecule has 0 aliphatic rings. The molecule has 0 spiro atoms. The van der Waals surface area contributed by atoms with Gasteiger partial charge >= 0.3 is 11.3 Å². The standard InChI is InChI=1S/C5H3F4IN2S/c6-4(7,5(8,9)13-10)12-2-1-11-3-12/h1-3H. The zero-order valence-electron chi connectivity index (χ0n) is 5.92. The highest BCUT2D eigenvalue weighted by Crippen LogP contribution is 2.49. The van der Waals surface area contributed by atoms with E-state index >= 15 is 0 Å². The van der Waals surface area contributed by atoms with E-state index in [1.807, 2.05) is 0 Å². The van der Waals surface area contributed by atoms with Crippen molar-refractivity contribution in [1.29, 1.82) is 0 Å². The minimum absolute atomic E-state index is 0.0820. The van der Waals surface area contributed by atoms with Gasteiger partial charge in [-0.15, -0.1) is 0 Å². The first-order chi connectivity index (χ1) is 5.92. The van der Waals surface area contributed by atoms with Crippen LogP contribution in [0.5, 0.6) is 0 Å². The number of halogens is 5. The molecule has 1 aromatic rings. The van der Waals surface area contributed by atoms with Crippen molar-refractivity contribution in [3.05, 3.63) is 18.7 Å². The van der Waals surface area contributed by atoms with Crippen molar-refractivity contribution in [3.8, 4) is 0 Å². The van der Waals surface area contributed by atoms with Crippen molar-refractivity contribution in [2.45, 2.75) is 11.3 Å². The quantitative estimate of drug-likeness (QED) is 0.627. The molecule has 0 unspecified atom stereocenters. The number of nitrogens with zero attached hydrogens (tertiary/aromatic N) is 2. The summed E-state index contributed by atoms with van der Waals surface area (Å²) < 4.78 is 51.2. The van der Waals surface area contributed by atoms with Crippen molar-refractivity contribution >= 4 is 30.1 Å². The Hall–Kier alpha value is 0.01000. The molecule has 0 N–H and O–H groups in total. The molecule has 0 aliphatic carbocycles. The van der Waals surface area contributed by atoms with Crippen LogP contribution in [0.3, 0.4) is 0 Å². The highest BCUT2D eigenvalue weighted by molar-refractivity contribution is 14.2. The summed E-state index contributed by atoms with van der Waals surface area (Å²) in [6.45, 7) is 0. The second-order valence-electron chi connectivity index (χ2n) is 2.11. The van der Waals surface area contributed by atoms with Crippen LogP contribution >= 0.6 is 30.1 Å². The Labute approximate surface area is 87.3 Å². The van der Waals surface area contributed by atoms with E-state index in [4.69, 9.17) is 0 Å². The van der Waals surface area contributed by atoms with Gasteiger partial charge in [0, 0.05) is 33.6 Å². The Bertz CT molecular complexity index is 276. The molecule has 0 amide bonds. The van der Waals surface area contributed by atoms with E-state index in [9.17, 15) is 17.6 Å². The summed E-state index contributed by atoms with van der Waals surface area (Å²) in [6, 6.07) is -4.25. The van der Waals surface area contributed by atoms with E-state index in [1.54, 1.807) is 0 Å². The molecule has 0 bridgehead atoms. The molecule has 13 heavy (non-hydrogen) atoms. The third-order valence-corrected chi connectivity index (χ3v) is 3.37. The molecule has 0 fully saturated rings. The molecule has 0 aromatic carbocycles. The van der Waals surface area contributed by atoms with Gasteiger partial charge in [-0.2, -0.15) is 17.6 Å². The molecule has 1 rings (SSSR count). The van der Waals surface area contributed by atoms with Crippen molar-refractivity contribution < 1.29 is 17.6 Å². The van der Waals surface area contributed by atoms with E-state index in [-0.39, 0.29) is 13.5 Å². The fourth-order valence-corrected chi connectivity index (χ4v) is 1.61. The Kier molecular flexibility index (Phi) is 3.10. The maximum absolute atomic E-state index is 12.9. The van der Waals surface area contributed by atoms with Gasteiger partial charge in [0.2, 0.25) is 0 Å². The maximum atomic E-state index is 12.9. The van der Waals surface area contributed by atoms with Crippen molar-refractivity contribution in [1.82, 2.24) is 9.55 Å². The van der Waals surface area contributed by atoms with Crippen LogP contribution in [0.2, 0.25) is 0 Å². The topological polar surface area (TPSA) is 17.8 Å². The molecular weight excluding hydrogens is 323 g/mol. The van der Waals surface area contributed by atoms with Gasteiger partial charge in [-0.1, -0.05) is 0 Å². The summed E-state index contributed by atoms with van der Waals surface area (Å²) in [5.74, 6) is 0. The average Bonchev–Trinajstić information content (AvgIpc) is 2.56. The number of aromatic nitrogens is 2. The molecular formula is C5H3F4IN2S. The molecule has 0 saturated heterocycles. The van der Waals surface area contributed by atoms with E-state index < -0.39 is 11.3 Å². The molecule has 0 aliphatic heterocycles. The highest BCUT2D eigenvalue weighted by Gasteiger charge is 2.58.